The molecule has 1 fully saturated rings. The molecule has 0 aromatic carbocycles. The van der Waals surface area contributed by atoms with E-state index in [1.165, 1.54) is 6.07 Å². The smallest absolute Gasteiger partial charge is 0.317 e. The van der Waals surface area contributed by atoms with E-state index in [0.717, 1.165) is 50.1 Å². The van der Waals surface area contributed by atoms with Crippen LogP contribution in [0.2, 0.25) is 0 Å². The maximum absolute atomic E-state index is 12.4. The van der Waals surface area contributed by atoms with Crippen molar-refractivity contribution in [2.45, 2.75) is 44.3 Å². The molecule has 0 saturated heterocycles. The minimum Gasteiger partial charge on any atom is -0.317 e. The fraction of sp³-hybridized carbons (Fsp3) is 0.643. The molecular formula is C14H19F3N2. The third-order valence-corrected chi connectivity index (χ3v) is 3.90. The second-order valence-electron chi connectivity index (χ2n) is 5.25. The lowest BCUT2D eigenvalue weighted by Crippen LogP contribution is -2.30. The molecule has 19 heavy (non-hydrogen) atoms. The minimum absolute atomic E-state index is 0.550. The van der Waals surface area contributed by atoms with Gasteiger partial charge < -0.3 is 5.32 Å². The molecule has 1 aromatic rings. The zero-order valence-electron chi connectivity index (χ0n) is 11.0. The molecule has 1 aliphatic carbocycles. The molecule has 106 valence electrons. The average molecular weight is 272 g/mol. The highest BCUT2D eigenvalue weighted by Crippen LogP contribution is 2.30. The van der Waals surface area contributed by atoms with Gasteiger partial charge in [0.05, 0.1) is 5.56 Å². The molecule has 1 aromatic heterocycles. The van der Waals surface area contributed by atoms with Crippen LogP contribution in [0.25, 0.3) is 0 Å². The second kappa shape index (κ2) is 5.90. The van der Waals surface area contributed by atoms with Crippen LogP contribution < -0.4 is 5.32 Å². The van der Waals surface area contributed by atoms with Crippen LogP contribution in [-0.2, 0) is 12.6 Å². The highest BCUT2D eigenvalue weighted by atomic mass is 19.4. The Morgan fingerprint density at radius 2 is 1.89 bits per heavy atom. The predicted octanol–water partition coefficient (Wildman–Crippen LogP) is 3.42. The number of nitrogens with zero attached hydrogens (tertiary/aromatic N) is 1. The molecule has 0 unspecified atom stereocenters. The van der Waals surface area contributed by atoms with Crippen molar-refractivity contribution in [3.8, 4) is 0 Å². The first-order chi connectivity index (χ1) is 8.99. The van der Waals surface area contributed by atoms with Crippen molar-refractivity contribution in [2.75, 3.05) is 7.05 Å². The van der Waals surface area contributed by atoms with E-state index in [4.69, 9.17) is 0 Å². The van der Waals surface area contributed by atoms with Gasteiger partial charge in [-0.25, -0.2) is 0 Å². The zero-order chi connectivity index (χ0) is 13.9. The normalized spacial score (nSPS) is 24.4. The van der Waals surface area contributed by atoms with Crippen molar-refractivity contribution in [1.82, 2.24) is 10.3 Å². The van der Waals surface area contributed by atoms with E-state index in [1.807, 2.05) is 7.05 Å². The Morgan fingerprint density at radius 3 is 2.37 bits per heavy atom. The van der Waals surface area contributed by atoms with Gasteiger partial charge in [0.25, 0.3) is 0 Å². The summed E-state index contributed by atoms with van der Waals surface area (Å²) >= 11 is 0. The lowest BCUT2D eigenvalue weighted by atomic mass is 9.83. The van der Waals surface area contributed by atoms with Gasteiger partial charge in [-0.15, -0.1) is 0 Å². The first-order valence-corrected chi connectivity index (χ1v) is 6.68. The van der Waals surface area contributed by atoms with Gasteiger partial charge in [0.1, 0.15) is 0 Å². The maximum Gasteiger partial charge on any atom is 0.417 e. The van der Waals surface area contributed by atoms with Crippen molar-refractivity contribution < 1.29 is 13.2 Å². The van der Waals surface area contributed by atoms with E-state index in [1.54, 1.807) is 0 Å². The third-order valence-electron chi connectivity index (χ3n) is 3.90. The van der Waals surface area contributed by atoms with E-state index in [0.29, 0.717) is 12.0 Å². The number of pyridine rings is 1. The van der Waals surface area contributed by atoms with Crippen LogP contribution in [0.3, 0.4) is 0 Å². The lowest BCUT2D eigenvalue weighted by Gasteiger charge is -2.28. The molecule has 1 heterocycles. The largest absolute Gasteiger partial charge is 0.417 e. The summed E-state index contributed by atoms with van der Waals surface area (Å²) in [4.78, 5) is 3.94. The predicted molar refractivity (Wildman–Crippen MR) is 67.7 cm³/mol. The van der Waals surface area contributed by atoms with E-state index in [9.17, 15) is 13.2 Å². The molecule has 1 saturated carbocycles. The van der Waals surface area contributed by atoms with Crippen LogP contribution in [0.1, 0.15) is 36.9 Å². The third kappa shape index (κ3) is 3.93. The number of hydrogen-bond acceptors (Lipinski definition) is 2. The molecule has 0 aliphatic heterocycles. The Hall–Kier alpha value is -1.10. The Kier molecular flexibility index (Phi) is 4.45. The van der Waals surface area contributed by atoms with Crippen molar-refractivity contribution in [3.63, 3.8) is 0 Å². The summed E-state index contributed by atoms with van der Waals surface area (Å²) in [5, 5.41) is 3.27. The van der Waals surface area contributed by atoms with Crippen LogP contribution in [0.15, 0.2) is 18.3 Å². The molecule has 5 heteroatoms. The summed E-state index contributed by atoms with van der Waals surface area (Å²) in [6.07, 6.45) is 1.95. The maximum atomic E-state index is 12.4. The van der Waals surface area contributed by atoms with Gasteiger partial charge in [0.2, 0.25) is 0 Å². The number of halogens is 3. The molecule has 0 bridgehead atoms. The molecule has 0 radical (unpaired) electrons. The number of hydrogen-bond donors (Lipinski definition) is 1. The number of alkyl halides is 3. The SMILES string of the molecule is CNC1CCC(Cc2ccc(C(F)(F)F)cn2)CC1. The molecule has 0 amide bonds. The molecule has 0 spiro atoms. The van der Waals surface area contributed by atoms with Crippen LogP contribution >= 0.6 is 0 Å². The van der Waals surface area contributed by atoms with E-state index in [-0.39, 0.29) is 0 Å². The zero-order valence-corrected chi connectivity index (χ0v) is 11.0. The summed E-state index contributed by atoms with van der Waals surface area (Å²) in [6.45, 7) is 0. The Labute approximate surface area is 111 Å². The Morgan fingerprint density at radius 1 is 1.21 bits per heavy atom. The van der Waals surface area contributed by atoms with Gasteiger partial charge >= 0.3 is 6.18 Å². The molecule has 1 aliphatic rings. The van der Waals surface area contributed by atoms with Crippen molar-refractivity contribution in [2.24, 2.45) is 5.92 Å². The first kappa shape index (κ1) is 14.3. The summed E-state index contributed by atoms with van der Waals surface area (Å²) < 4.78 is 37.2. The highest BCUT2D eigenvalue weighted by Gasteiger charge is 2.30. The Balaban J connectivity index is 1.90. The number of rotatable bonds is 3. The fourth-order valence-electron chi connectivity index (χ4n) is 2.66. The van der Waals surface area contributed by atoms with E-state index >= 15 is 0 Å². The van der Waals surface area contributed by atoms with E-state index in [2.05, 4.69) is 10.3 Å². The molecular weight excluding hydrogens is 253 g/mol. The molecule has 0 atom stereocenters. The van der Waals surface area contributed by atoms with Crippen molar-refractivity contribution in [3.05, 3.63) is 29.6 Å². The standard InChI is InChI=1S/C14H19F3N2/c1-18-12-5-2-10(3-6-12)8-13-7-4-11(9-19-13)14(15,16)17/h4,7,9-10,12,18H,2-3,5-6,8H2,1H3. The topological polar surface area (TPSA) is 24.9 Å². The van der Waals surface area contributed by atoms with Crippen molar-refractivity contribution in [1.29, 1.82) is 0 Å². The molecule has 2 rings (SSSR count). The second-order valence-corrected chi connectivity index (χ2v) is 5.25. The number of aromatic nitrogens is 1. The van der Waals surface area contributed by atoms with Crippen LogP contribution in [0.5, 0.6) is 0 Å². The monoisotopic (exact) mass is 272 g/mol. The summed E-state index contributed by atoms with van der Waals surface area (Å²) in [5.74, 6) is 0.550. The Bertz CT molecular complexity index is 392. The van der Waals surface area contributed by atoms with E-state index < -0.39 is 11.7 Å². The quantitative estimate of drug-likeness (QED) is 0.912. The van der Waals surface area contributed by atoms with Gasteiger partial charge in [0, 0.05) is 17.9 Å². The van der Waals surface area contributed by atoms with Gasteiger partial charge in [-0.3, -0.25) is 4.98 Å². The lowest BCUT2D eigenvalue weighted by molar-refractivity contribution is -0.137. The van der Waals surface area contributed by atoms with Crippen molar-refractivity contribution >= 4 is 0 Å². The van der Waals surface area contributed by atoms with Gasteiger partial charge in [-0.2, -0.15) is 13.2 Å². The molecule has 2 nitrogen and oxygen atoms in total. The fourth-order valence-corrected chi connectivity index (χ4v) is 2.66. The average Bonchev–Trinajstić information content (AvgIpc) is 2.39. The van der Waals surface area contributed by atoms with Crippen LogP contribution in [0, 0.1) is 5.92 Å². The first-order valence-electron chi connectivity index (χ1n) is 6.68. The summed E-state index contributed by atoms with van der Waals surface area (Å²) in [5.41, 5.74) is 0.0936. The minimum atomic E-state index is -4.30. The molecule has 1 N–H and O–H groups in total. The van der Waals surface area contributed by atoms with Gasteiger partial charge in [-0.1, -0.05) is 0 Å². The van der Waals surface area contributed by atoms with Crippen LogP contribution in [-0.4, -0.2) is 18.1 Å². The highest BCUT2D eigenvalue weighted by molar-refractivity contribution is 5.17. The van der Waals surface area contributed by atoms with Crippen LogP contribution in [0.4, 0.5) is 13.2 Å². The number of nitrogens with one attached hydrogen (secondary N) is 1. The summed E-state index contributed by atoms with van der Waals surface area (Å²) in [6, 6.07) is 3.23. The van der Waals surface area contributed by atoms with Gasteiger partial charge in [0.15, 0.2) is 0 Å². The summed E-state index contributed by atoms with van der Waals surface area (Å²) in [7, 11) is 1.97. The van der Waals surface area contributed by atoms with Gasteiger partial charge in [-0.05, 0) is 57.2 Å².